The highest BCUT2D eigenvalue weighted by Crippen LogP contribution is 2.26. The number of imide groups is 1. The van der Waals surface area contributed by atoms with E-state index in [2.05, 4.69) is 18.7 Å². The molecule has 0 unspecified atom stereocenters. The number of amides is 3. The second-order valence-electron chi connectivity index (χ2n) is 7.43. The van der Waals surface area contributed by atoms with E-state index in [0.717, 1.165) is 18.0 Å². The fraction of sp³-hybridized carbons (Fsp3) is 0.500. The summed E-state index contributed by atoms with van der Waals surface area (Å²) >= 11 is 0. The molecule has 1 saturated heterocycles. The van der Waals surface area contributed by atoms with E-state index in [4.69, 9.17) is 0 Å². The number of piperazine rings is 1. The standard InChI is InChI=1S/C20H25N3O5/c1-13(2)21-9-11-22(12-10-21)17(24)8-7-16(20(27)28)23-18(25)14-5-3-4-6-15(14)19(23)26/h3-6,13,16H,7-12H2,1-2H3,(H,27,28)/t16-/m0/s1. The first-order valence-electron chi connectivity index (χ1n) is 9.52. The van der Waals surface area contributed by atoms with E-state index >= 15 is 0 Å². The van der Waals surface area contributed by atoms with Crippen molar-refractivity contribution in [2.24, 2.45) is 0 Å². The molecule has 2 aliphatic heterocycles. The molecule has 3 rings (SSSR count). The third-order valence-electron chi connectivity index (χ3n) is 5.45. The predicted octanol–water partition coefficient (Wildman–Crippen LogP) is 1.07. The van der Waals surface area contributed by atoms with Crippen LogP contribution in [0.2, 0.25) is 0 Å². The summed E-state index contributed by atoms with van der Waals surface area (Å²) in [7, 11) is 0. The van der Waals surface area contributed by atoms with Crippen molar-refractivity contribution in [3.63, 3.8) is 0 Å². The molecule has 0 aromatic heterocycles. The van der Waals surface area contributed by atoms with Gasteiger partial charge in [-0.05, 0) is 32.4 Å². The summed E-state index contributed by atoms with van der Waals surface area (Å²) in [6.45, 7) is 6.98. The van der Waals surface area contributed by atoms with Crippen molar-refractivity contribution in [2.45, 2.75) is 38.8 Å². The van der Waals surface area contributed by atoms with Gasteiger partial charge in [0.05, 0.1) is 11.1 Å². The number of carboxylic acids is 1. The molecule has 8 heteroatoms. The summed E-state index contributed by atoms with van der Waals surface area (Å²) in [4.78, 5) is 54.1. The van der Waals surface area contributed by atoms with Crippen LogP contribution in [0, 0.1) is 0 Å². The van der Waals surface area contributed by atoms with Gasteiger partial charge in [-0.3, -0.25) is 24.2 Å². The van der Waals surface area contributed by atoms with Crippen LogP contribution in [-0.2, 0) is 9.59 Å². The average molecular weight is 387 g/mol. The fourth-order valence-corrected chi connectivity index (χ4v) is 3.76. The molecular weight excluding hydrogens is 362 g/mol. The molecular formula is C20H25N3O5. The van der Waals surface area contributed by atoms with Crippen LogP contribution < -0.4 is 0 Å². The second-order valence-corrected chi connectivity index (χ2v) is 7.43. The third kappa shape index (κ3) is 3.77. The zero-order chi connectivity index (χ0) is 20.4. The number of rotatable bonds is 6. The largest absolute Gasteiger partial charge is 0.480 e. The van der Waals surface area contributed by atoms with Crippen LogP contribution in [0.15, 0.2) is 24.3 Å². The Bertz CT molecular complexity index is 764. The summed E-state index contributed by atoms with van der Waals surface area (Å²) in [6.07, 6.45) is -0.115. The van der Waals surface area contributed by atoms with E-state index in [-0.39, 0.29) is 29.9 Å². The van der Waals surface area contributed by atoms with Crippen LogP contribution >= 0.6 is 0 Å². The summed E-state index contributed by atoms with van der Waals surface area (Å²) in [5.74, 6) is -2.67. The lowest BCUT2D eigenvalue weighted by atomic mass is 10.1. The first-order valence-corrected chi connectivity index (χ1v) is 9.52. The van der Waals surface area contributed by atoms with Gasteiger partial charge in [0.1, 0.15) is 6.04 Å². The van der Waals surface area contributed by atoms with Crippen LogP contribution in [-0.4, -0.2) is 81.8 Å². The Morgan fingerprint density at radius 1 is 1.00 bits per heavy atom. The highest BCUT2D eigenvalue weighted by atomic mass is 16.4. The molecule has 28 heavy (non-hydrogen) atoms. The van der Waals surface area contributed by atoms with Gasteiger partial charge in [-0.2, -0.15) is 0 Å². The number of carbonyl (C=O) groups is 4. The van der Waals surface area contributed by atoms with Crippen LogP contribution in [0.3, 0.4) is 0 Å². The Morgan fingerprint density at radius 2 is 1.54 bits per heavy atom. The second kappa shape index (κ2) is 8.10. The summed E-state index contributed by atoms with van der Waals surface area (Å²) < 4.78 is 0. The van der Waals surface area contributed by atoms with Crippen LogP contribution in [0.1, 0.15) is 47.4 Å². The molecule has 0 spiro atoms. The van der Waals surface area contributed by atoms with Gasteiger partial charge in [0.25, 0.3) is 11.8 Å². The lowest BCUT2D eigenvalue weighted by Crippen LogP contribution is -2.51. The molecule has 0 aliphatic carbocycles. The highest BCUT2D eigenvalue weighted by Gasteiger charge is 2.42. The topological polar surface area (TPSA) is 98.2 Å². The minimum atomic E-state index is -1.35. The van der Waals surface area contributed by atoms with Gasteiger partial charge in [-0.1, -0.05) is 12.1 Å². The summed E-state index contributed by atoms with van der Waals surface area (Å²) in [6, 6.07) is 5.34. The molecule has 2 heterocycles. The SMILES string of the molecule is CC(C)N1CCN(C(=O)CC[C@@H](C(=O)O)N2C(=O)c3ccccc3C2=O)CC1. The number of aliphatic carboxylic acids is 1. The molecule has 1 aromatic carbocycles. The highest BCUT2D eigenvalue weighted by molar-refractivity contribution is 6.22. The molecule has 8 nitrogen and oxygen atoms in total. The molecule has 0 bridgehead atoms. The van der Waals surface area contributed by atoms with Crippen molar-refractivity contribution < 1.29 is 24.3 Å². The zero-order valence-corrected chi connectivity index (χ0v) is 16.1. The Hall–Kier alpha value is -2.74. The Labute approximate surface area is 163 Å². The quantitative estimate of drug-likeness (QED) is 0.733. The number of carboxylic acid groups (broad SMARTS) is 1. The maximum absolute atomic E-state index is 12.5. The minimum absolute atomic E-state index is 0.0218. The summed E-state index contributed by atoms with van der Waals surface area (Å²) in [5.41, 5.74) is 0.407. The number of nitrogens with zero attached hydrogens (tertiary/aromatic N) is 3. The molecule has 2 aliphatic rings. The van der Waals surface area contributed by atoms with E-state index in [1.165, 1.54) is 12.1 Å². The number of benzene rings is 1. The molecule has 1 atom stereocenters. The number of fused-ring (bicyclic) bond motifs is 1. The summed E-state index contributed by atoms with van der Waals surface area (Å²) in [5, 5.41) is 9.59. The Morgan fingerprint density at radius 3 is 2.00 bits per heavy atom. The molecule has 3 amide bonds. The van der Waals surface area contributed by atoms with Crippen molar-refractivity contribution in [3.8, 4) is 0 Å². The maximum atomic E-state index is 12.5. The molecule has 0 radical (unpaired) electrons. The third-order valence-corrected chi connectivity index (χ3v) is 5.45. The van der Waals surface area contributed by atoms with Gasteiger partial charge in [0, 0.05) is 38.6 Å². The van der Waals surface area contributed by atoms with Gasteiger partial charge in [-0.15, -0.1) is 0 Å². The molecule has 0 saturated carbocycles. The van der Waals surface area contributed by atoms with E-state index in [1.807, 2.05) is 0 Å². The Balaban J connectivity index is 1.64. The van der Waals surface area contributed by atoms with Crippen molar-refractivity contribution >= 4 is 23.7 Å². The van der Waals surface area contributed by atoms with Crippen molar-refractivity contribution in [2.75, 3.05) is 26.2 Å². The van der Waals surface area contributed by atoms with Crippen LogP contribution in [0.5, 0.6) is 0 Å². The molecule has 150 valence electrons. The number of carbonyl (C=O) groups excluding carboxylic acids is 3. The first-order chi connectivity index (χ1) is 13.3. The maximum Gasteiger partial charge on any atom is 0.326 e. The Kier molecular flexibility index (Phi) is 5.79. The minimum Gasteiger partial charge on any atom is -0.480 e. The van der Waals surface area contributed by atoms with Crippen LogP contribution in [0.4, 0.5) is 0 Å². The molecule has 1 N–H and O–H groups in total. The van der Waals surface area contributed by atoms with Gasteiger partial charge in [0.15, 0.2) is 0 Å². The van der Waals surface area contributed by atoms with E-state index in [1.54, 1.807) is 17.0 Å². The van der Waals surface area contributed by atoms with Gasteiger partial charge < -0.3 is 10.0 Å². The first kappa shape index (κ1) is 20.0. The van der Waals surface area contributed by atoms with Gasteiger partial charge >= 0.3 is 5.97 Å². The lowest BCUT2D eigenvalue weighted by molar-refractivity contribution is -0.142. The normalized spacial score (nSPS) is 18.5. The van der Waals surface area contributed by atoms with Crippen molar-refractivity contribution in [3.05, 3.63) is 35.4 Å². The molecule has 1 fully saturated rings. The van der Waals surface area contributed by atoms with Gasteiger partial charge in [0.2, 0.25) is 5.91 Å². The zero-order valence-electron chi connectivity index (χ0n) is 16.1. The number of hydrogen-bond acceptors (Lipinski definition) is 5. The molecule has 1 aromatic rings. The lowest BCUT2D eigenvalue weighted by Gasteiger charge is -2.37. The predicted molar refractivity (Wildman–Crippen MR) is 101 cm³/mol. The van der Waals surface area contributed by atoms with E-state index < -0.39 is 23.8 Å². The monoisotopic (exact) mass is 387 g/mol. The smallest absolute Gasteiger partial charge is 0.326 e. The number of hydrogen-bond donors (Lipinski definition) is 1. The van der Waals surface area contributed by atoms with Crippen molar-refractivity contribution in [1.29, 1.82) is 0 Å². The fourth-order valence-electron chi connectivity index (χ4n) is 3.76. The van der Waals surface area contributed by atoms with E-state index in [0.29, 0.717) is 19.1 Å². The van der Waals surface area contributed by atoms with E-state index in [9.17, 15) is 24.3 Å². The van der Waals surface area contributed by atoms with Crippen molar-refractivity contribution in [1.82, 2.24) is 14.7 Å². The van der Waals surface area contributed by atoms with Crippen LogP contribution in [0.25, 0.3) is 0 Å². The average Bonchev–Trinajstić information content (AvgIpc) is 2.93. The van der Waals surface area contributed by atoms with Gasteiger partial charge in [-0.25, -0.2) is 4.79 Å².